The molecule has 6 rings (SSSR count). The van der Waals surface area contributed by atoms with Gasteiger partial charge in [0.2, 0.25) is 0 Å². The average molecular weight is 542 g/mol. The lowest BCUT2D eigenvalue weighted by molar-refractivity contribution is 0.205. The van der Waals surface area contributed by atoms with Crippen LogP contribution in [0, 0.1) is 11.3 Å². The van der Waals surface area contributed by atoms with Crippen LogP contribution in [0.1, 0.15) is 5.56 Å². The number of aromatic hydroxyl groups is 1. The summed E-state index contributed by atoms with van der Waals surface area (Å²) in [6.07, 6.45) is -1.24. The van der Waals surface area contributed by atoms with E-state index in [1.807, 2.05) is 0 Å². The Balaban J connectivity index is 1.62. The molecule has 0 saturated heterocycles. The van der Waals surface area contributed by atoms with Crippen LogP contribution >= 0.6 is 0 Å². The van der Waals surface area contributed by atoms with Crippen LogP contribution in [0.2, 0.25) is 0 Å². The average Bonchev–Trinajstić information content (AvgIpc) is 2.97. The first-order valence-electron chi connectivity index (χ1n) is 12.4. The van der Waals surface area contributed by atoms with Crippen LogP contribution in [0.5, 0.6) is 5.75 Å². The summed E-state index contributed by atoms with van der Waals surface area (Å²) in [4.78, 5) is 44.9. The lowest BCUT2D eigenvalue weighted by atomic mass is 10.1. The fourth-order valence-electron chi connectivity index (χ4n) is 4.81. The van der Waals surface area contributed by atoms with E-state index in [0.29, 0.717) is 27.8 Å². The number of rotatable bonds is 4. The van der Waals surface area contributed by atoms with Gasteiger partial charge in [0.15, 0.2) is 5.82 Å². The number of benzene rings is 4. The Hall–Kier alpha value is -6.21. The van der Waals surface area contributed by atoms with Gasteiger partial charge in [-0.25, -0.2) is 19.1 Å². The fraction of sp³-hybridized carbons (Fsp3) is 0. The third-order valence-corrected chi connectivity index (χ3v) is 6.64. The third-order valence-electron chi connectivity index (χ3n) is 6.64. The van der Waals surface area contributed by atoms with E-state index in [2.05, 4.69) is 11.1 Å². The zero-order chi connectivity index (χ0) is 28.7. The summed E-state index contributed by atoms with van der Waals surface area (Å²) in [7, 11) is 0. The minimum Gasteiger partial charge on any atom is -0.508 e. The largest absolute Gasteiger partial charge is 0.508 e. The van der Waals surface area contributed by atoms with Gasteiger partial charge in [-0.1, -0.05) is 30.3 Å². The molecule has 4 aromatic rings. The molecular formula is C31H19N5O5. The van der Waals surface area contributed by atoms with E-state index < -0.39 is 17.3 Å². The summed E-state index contributed by atoms with van der Waals surface area (Å²) in [6, 6.07) is 29.3. The van der Waals surface area contributed by atoms with Crippen molar-refractivity contribution in [3.8, 4) is 34.6 Å². The molecule has 0 aromatic heterocycles. The van der Waals surface area contributed by atoms with Crippen LogP contribution in [-0.2, 0) is 0 Å². The highest BCUT2D eigenvalue weighted by molar-refractivity contribution is 5.95. The van der Waals surface area contributed by atoms with Crippen molar-refractivity contribution in [3.63, 3.8) is 0 Å². The summed E-state index contributed by atoms with van der Waals surface area (Å²) < 4.78 is 2.49. The smallest absolute Gasteiger partial charge is 0.416 e. The normalized spacial score (nSPS) is 10.9. The summed E-state index contributed by atoms with van der Waals surface area (Å²) >= 11 is 0. The highest BCUT2D eigenvalue weighted by Crippen LogP contribution is 2.30. The maximum atomic E-state index is 13.9. The van der Waals surface area contributed by atoms with Crippen LogP contribution in [0.3, 0.4) is 0 Å². The van der Waals surface area contributed by atoms with Crippen molar-refractivity contribution in [3.05, 3.63) is 130 Å². The lowest BCUT2D eigenvalue weighted by Crippen LogP contribution is -2.37. The van der Waals surface area contributed by atoms with Crippen molar-refractivity contribution in [1.82, 2.24) is 14.1 Å². The molecule has 0 bridgehead atoms. The number of hydrogen-bond acceptors (Lipinski definition) is 6. The molecule has 0 atom stereocenters. The van der Waals surface area contributed by atoms with E-state index in [4.69, 9.17) is 0 Å². The third kappa shape index (κ3) is 4.33. The van der Waals surface area contributed by atoms with Gasteiger partial charge in [0.25, 0.3) is 5.56 Å². The highest BCUT2D eigenvalue weighted by atomic mass is 16.4. The van der Waals surface area contributed by atoms with Gasteiger partial charge in [0, 0.05) is 5.69 Å². The number of anilines is 2. The minimum absolute atomic E-state index is 0.0298. The van der Waals surface area contributed by atoms with Gasteiger partial charge in [-0.15, -0.1) is 0 Å². The Labute approximate surface area is 231 Å². The number of phenolic OH excluding ortho intramolecular Hbond substituents is 1. The Morgan fingerprint density at radius 3 is 2.24 bits per heavy atom. The Morgan fingerprint density at radius 1 is 0.805 bits per heavy atom. The first kappa shape index (κ1) is 25.1. The zero-order valence-corrected chi connectivity index (χ0v) is 21.2. The molecule has 2 heterocycles. The van der Waals surface area contributed by atoms with Gasteiger partial charge in [-0.2, -0.15) is 10.2 Å². The van der Waals surface area contributed by atoms with Crippen LogP contribution in [-0.4, -0.2) is 30.4 Å². The van der Waals surface area contributed by atoms with Crippen molar-refractivity contribution in [2.75, 3.05) is 4.90 Å². The molecule has 2 N–H and O–H groups in total. The van der Waals surface area contributed by atoms with Crippen LogP contribution in [0.25, 0.3) is 33.7 Å². The number of carboxylic acid groups (broad SMARTS) is 1. The number of hydrogen-bond donors (Lipinski definition) is 2. The van der Waals surface area contributed by atoms with Gasteiger partial charge in [-0.05, 0) is 78.2 Å². The number of phenols is 1. The number of carbonyl (C=O) groups is 1. The number of amides is 1. The van der Waals surface area contributed by atoms with Gasteiger partial charge in [0.05, 0.1) is 39.8 Å². The fourth-order valence-corrected chi connectivity index (χ4v) is 4.81. The van der Waals surface area contributed by atoms with E-state index in [1.54, 1.807) is 83.4 Å². The van der Waals surface area contributed by atoms with Crippen LogP contribution in [0.4, 0.5) is 16.2 Å². The molecule has 0 unspecified atom stereocenters. The molecular weight excluding hydrogens is 522 g/mol. The lowest BCUT2D eigenvalue weighted by Gasteiger charge is -2.21. The number of aromatic nitrogens is 3. The van der Waals surface area contributed by atoms with Crippen LogP contribution < -0.4 is 16.1 Å². The highest BCUT2D eigenvalue weighted by Gasteiger charge is 2.23. The van der Waals surface area contributed by atoms with E-state index >= 15 is 0 Å². The minimum atomic E-state index is -1.24. The van der Waals surface area contributed by atoms with Crippen molar-refractivity contribution in [2.24, 2.45) is 0 Å². The van der Waals surface area contributed by atoms with E-state index in [0.717, 1.165) is 9.47 Å². The molecule has 0 saturated carbocycles. The van der Waals surface area contributed by atoms with Crippen molar-refractivity contribution in [1.29, 1.82) is 5.26 Å². The summed E-state index contributed by atoms with van der Waals surface area (Å²) in [5.41, 5.74) is 0.785. The maximum Gasteiger partial charge on any atom is 0.416 e. The molecule has 0 fully saturated rings. The quantitative estimate of drug-likeness (QED) is 0.298. The van der Waals surface area contributed by atoms with Gasteiger partial charge in [-0.3, -0.25) is 9.36 Å². The predicted molar refractivity (Wildman–Crippen MR) is 153 cm³/mol. The van der Waals surface area contributed by atoms with E-state index in [-0.39, 0.29) is 28.5 Å². The first-order chi connectivity index (χ1) is 19.9. The number of para-hydroxylation sites is 1. The second kappa shape index (κ2) is 9.83. The molecule has 198 valence electrons. The van der Waals surface area contributed by atoms with E-state index in [1.165, 1.54) is 24.3 Å². The predicted octanol–water partition coefficient (Wildman–Crippen LogP) is 5.03. The monoisotopic (exact) mass is 541 g/mol. The van der Waals surface area contributed by atoms with Gasteiger partial charge >= 0.3 is 11.8 Å². The summed E-state index contributed by atoms with van der Waals surface area (Å²) in [5, 5.41) is 29.8. The van der Waals surface area contributed by atoms with Crippen molar-refractivity contribution >= 4 is 28.4 Å². The number of fused-ring (bicyclic) bond motifs is 2. The Bertz CT molecular complexity index is 2090. The maximum absolute atomic E-state index is 13.9. The van der Waals surface area contributed by atoms with Crippen LogP contribution in [0.15, 0.2) is 113 Å². The SMILES string of the molecule is N#Cc1ccc2cc3c(=O)n(-c4cccc(N(C(=O)O)c5ccccc5)c4)c(=O)nc-3n(-c3ccc(O)cc3)c2c1. The Kier molecular flexibility index (Phi) is 6.02. The molecule has 2 aliphatic rings. The molecule has 1 amide bonds. The summed E-state index contributed by atoms with van der Waals surface area (Å²) in [5.74, 6) is 0.0966. The molecule has 10 heteroatoms. The first-order valence-corrected chi connectivity index (χ1v) is 12.4. The second-order valence-electron chi connectivity index (χ2n) is 9.13. The van der Waals surface area contributed by atoms with E-state index in [9.17, 15) is 29.9 Å². The molecule has 0 spiro atoms. The molecule has 4 aromatic carbocycles. The molecule has 0 radical (unpaired) electrons. The molecule has 10 nitrogen and oxygen atoms in total. The van der Waals surface area contributed by atoms with Gasteiger partial charge in [0.1, 0.15) is 5.75 Å². The standard InChI is InChI=1S/C31H19N5O5/c32-18-19-9-10-20-16-26-28(35(27(20)15-19)22-11-13-25(37)14-12-22)33-30(39)36(29(26)38)24-8-4-7-23(17-24)34(31(40)41)21-5-2-1-3-6-21/h1-17,37H,(H,40,41). The topological polar surface area (TPSA) is 141 Å². The molecule has 2 aliphatic heterocycles. The molecule has 0 aliphatic carbocycles. The number of nitriles is 1. The van der Waals surface area contributed by atoms with Crippen molar-refractivity contribution in [2.45, 2.75) is 0 Å². The number of pyridine rings is 1. The van der Waals surface area contributed by atoms with Gasteiger partial charge < -0.3 is 10.2 Å². The Morgan fingerprint density at radius 2 is 1.54 bits per heavy atom. The number of nitrogens with zero attached hydrogens (tertiary/aromatic N) is 5. The summed E-state index contributed by atoms with van der Waals surface area (Å²) in [6.45, 7) is 0. The molecule has 41 heavy (non-hydrogen) atoms. The second-order valence-corrected chi connectivity index (χ2v) is 9.13. The van der Waals surface area contributed by atoms with Crippen molar-refractivity contribution < 1.29 is 15.0 Å². The zero-order valence-electron chi connectivity index (χ0n) is 21.2.